The highest BCUT2D eigenvalue weighted by Crippen LogP contribution is 2.46. The van der Waals surface area contributed by atoms with Crippen molar-refractivity contribution in [3.8, 4) is 0 Å². The monoisotopic (exact) mass is 208 g/mol. The number of halogens is 9. The lowest BCUT2D eigenvalue weighted by Crippen LogP contribution is -2.49. The van der Waals surface area contributed by atoms with Gasteiger partial charge in [-0.3, -0.25) is 4.70 Å². The molecule has 0 aliphatic heterocycles. The molecule has 0 rings (SSSR count). The summed E-state index contributed by atoms with van der Waals surface area (Å²) in [6, 6.07) is 0. The fraction of sp³-hybridized carbons (Fsp3) is 1.00. The van der Waals surface area contributed by atoms with Gasteiger partial charge in [0, 0.05) is 0 Å². The third-order valence-corrected chi connectivity index (χ3v) is 0.712. The molecule has 0 amide bonds. The second-order valence-electron chi connectivity index (χ2n) is 1.57. The summed E-state index contributed by atoms with van der Waals surface area (Å²) in [5.41, 5.74) is 0. The van der Waals surface area contributed by atoms with Crippen LogP contribution in [0.2, 0.25) is 0 Å². The fourth-order valence-electron chi connectivity index (χ4n) is 0.161. The van der Waals surface area contributed by atoms with Gasteiger partial charge >= 0.3 is 18.3 Å². The zero-order valence-corrected chi connectivity index (χ0v) is 4.93. The highest BCUT2D eigenvalue weighted by Gasteiger charge is 2.74. The molecule has 0 N–H and O–H groups in total. The third kappa shape index (κ3) is 2.18. The Morgan fingerprint density at radius 1 is 0.500 bits per heavy atom. The molecule has 0 radical (unpaired) electrons. The van der Waals surface area contributed by atoms with Crippen molar-refractivity contribution < 1.29 is 39.8 Å². The standard InChI is InChI=1S/C3F8.FH/c4-1(5,2(6,7)8)3(9,10)11;/h;1H. The number of rotatable bonds is 0. The van der Waals surface area contributed by atoms with Crippen molar-refractivity contribution >= 4 is 0 Å². The van der Waals surface area contributed by atoms with Crippen LogP contribution in [0.25, 0.3) is 0 Å². The van der Waals surface area contributed by atoms with Gasteiger partial charge in [0.05, 0.1) is 0 Å². The lowest BCUT2D eigenvalue weighted by molar-refractivity contribution is -0.389. The van der Waals surface area contributed by atoms with Gasteiger partial charge in [-0.25, -0.2) is 0 Å². The first-order valence-corrected chi connectivity index (χ1v) is 2.01. The molecule has 9 heteroatoms. The summed E-state index contributed by atoms with van der Waals surface area (Å²) in [6.45, 7) is 0. The summed E-state index contributed by atoms with van der Waals surface area (Å²) in [6.07, 6.45) is -13.2. The van der Waals surface area contributed by atoms with Crippen LogP contribution < -0.4 is 0 Å². The topological polar surface area (TPSA) is 0 Å². The molecule has 0 aliphatic carbocycles. The quantitative estimate of drug-likeness (QED) is 0.537. The van der Waals surface area contributed by atoms with E-state index in [1.54, 1.807) is 0 Å². The molecule has 0 bridgehead atoms. The second kappa shape index (κ2) is 3.02. The lowest BCUT2D eigenvalue weighted by atomic mass is 10.3. The van der Waals surface area contributed by atoms with Crippen molar-refractivity contribution in [3.05, 3.63) is 0 Å². The number of alkyl halides is 8. The fourth-order valence-corrected chi connectivity index (χ4v) is 0.161. The van der Waals surface area contributed by atoms with Crippen LogP contribution in [0.4, 0.5) is 39.8 Å². The molecule has 0 aromatic heterocycles. The first-order valence-electron chi connectivity index (χ1n) is 2.01. The van der Waals surface area contributed by atoms with Crippen molar-refractivity contribution in [3.63, 3.8) is 0 Å². The van der Waals surface area contributed by atoms with Crippen LogP contribution in [0.5, 0.6) is 0 Å². The Bertz CT molecular complexity index is 121. The molecule has 0 fully saturated rings. The van der Waals surface area contributed by atoms with Gasteiger partial charge in [-0.05, 0) is 0 Å². The largest absolute Gasteiger partial charge is 0.463 e. The molecule has 76 valence electrons. The van der Waals surface area contributed by atoms with Gasteiger partial charge in [-0.15, -0.1) is 0 Å². The average Bonchev–Trinajstić information content (AvgIpc) is 1.58. The average molecular weight is 208 g/mol. The Labute approximate surface area is 59.5 Å². The molecule has 0 atom stereocenters. The van der Waals surface area contributed by atoms with Crippen LogP contribution in [0, 0.1) is 0 Å². The predicted molar refractivity (Wildman–Crippen MR) is 19.6 cm³/mol. The smallest absolute Gasteiger partial charge is 0.269 e. The van der Waals surface area contributed by atoms with E-state index in [2.05, 4.69) is 0 Å². The minimum atomic E-state index is -6.62. The summed E-state index contributed by atoms with van der Waals surface area (Å²) >= 11 is 0. The van der Waals surface area contributed by atoms with Gasteiger partial charge in [0.2, 0.25) is 0 Å². The number of hydrogen-bond donors (Lipinski definition) is 0. The maximum Gasteiger partial charge on any atom is 0.463 e. The van der Waals surface area contributed by atoms with Gasteiger partial charge in [0.25, 0.3) is 0 Å². The van der Waals surface area contributed by atoms with E-state index in [1.165, 1.54) is 0 Å². The molecule has 0 spiro atoms. The minimum Gasteiger partial charge on any atom is -0.269 e. The molecular formula is C3HF9. The highest BCUT2D eigenvalue weighted by atomic mass is 19.5. The van der Waals surface area contributed by atoms with E-state index >= 15 is 0 Å². The van der Waals surface area contributed by atoms with Crippen LogP contribution in [0.3, 0.4) is 0 Å². The number of hydrogen-bond acceptors (Lipinski definition) is 0. The van der Waals surface area contributed by atoms with Gasteiger partial charge in [0.1, 0.15) is 0 Å². The van der Waals surface area contributed by atoms with E-state index in [4.69, 9.17) is 0 Å². The Morgan fingerprint density at radius 2 is 0.667 bits per heavy atom. The molecule has 0 saturated heterocycles. The molecule has 0 nitrogen and oxygen atoms in total. The first-order chi connectivity index (χ1) is 4.50. The van der Waals surface area contributed by atoms with Gasteiger partial charge in [0.15, 0.2) is 0 Å². The van der Waals surface area contributed by atoms with Crippen molar-refractivity contribution in [2.45, 2.75) is 18.3 Å². The summed E-state index contributed by atoms with van der Waals surface area (Å²) in [5, 5.41) is 0. The zero-order chi connectivity index (χ0) is 9.50. The van der Waals surface area contributed by atoms with Crippen molar-refractivity contribution in [1.29, 1.82) is 0 Å². The molecule has 0 unspecified atom stereocenters. The Kier molecular flexibility index (Phi) is 3.50. The highest BCUT2D eigenvalue weighted by molar-refractivity contribution is 4.83. The van der Waals surface area contributed by atoms with Crippen LogP contribution in [0.1, 0.15) is 0 Å². The Hall–Kier alpha value is -0.630. The predicted octanol–water partition coefficient (Wildman–Crippen LogP) is 2.90. The van der Waals surface area contributed by atoms with E-state index < -0.39 is 18.3 Å². The van der Waals surface area contributed by atoms with E-state index in [0.29, 0.717) is 0 Å². The second-order valence-corrected chi connectivity index (χ2v) is 1.57. The van der Waals surface area contributed by atoms with E-state index in [9.17, 15) is 35.1 Å². The molecule has 0 aromatic rings. The zero-order valence-electron chi connectivity index (χ0n) is 4.93. The van der Waals surface area contributed by atoms with Crippen LogP contribution in [-0.4, -0.2) is 18.3 Å². The maximum atomic E-state index is 11.2. The maximum absolute atomic E-state index is 11.2. The summed E-state index contributed by atoms with van der Waals surface area (Å²) in [7, 11) is 0. The molecule has 0 aromatic carbocycles. The van der Waals surface area contributed by atoms with Gasteiger partial charge in [-0.2, -0.15) is 35.1 Å². The Balaban J connectivity index is 0. The van der Waals surface area contributed by atoms with Crippen molar-refractivity contribution in [2.24, 2.45) is 0 Å². The lowest BCUT2D eigenvalue weighted by Gasteiger charge is -2.21. The molecule has 0 aliphatic rings. The SMILES string of the molecule is F.FC(F)(F)C(F)(F)C(F)(F)F. The summed E-state index contributed by atoms with van der Waals surface area (Å²) in [5.74, 6) is -6.62. The third-order valence-electron chi connectivity index (χ3n) is 0.712. The Morgan fingerprint density at radius 3 is 0.667 bits per heavy atom. The molecule has 0 heterocycles. The van der Waals surface area contributed by atoms with Crippen molar-refractivity contribution in [1.82, 2.24) is 0 Å². The minimum absolute atomic E-state index is 0. The molecule has 12 heavy (non-hydrogen) atoms. The van der Waals surface area contributed by atoms with Gasteiger partial charge in [-0.1, -0.05) is 0 Å². The van der Waals surface area contributed by atoms with E-state index in [0.717, 1.165) is 0 Å². The summed E-state index contributed by atoms with van der Waals surface area (Å²) in [4.78, 5) is 0. The normalized spacial score (nSPS) is 14.0. The summed E-state index contributed by atoms with van der Waals surface area (Å²) < 4.78 is 87.5. The van der Waals surface area contributed by atoms with E-state index in [1.807, 2.05) is 0 Å². The molecule has 0 saturated carbocycles. The van der Waals surface area contributed by atoms with E-state index in [-0.39, 0.29) is 4.70 Å². The van der Waals surface area contributed by atoms with Crippen LogP contribution >= 0.6 is 0 Å². The van der Waals surface area contributed by atoms with Crippen LogP contribution in [0.15, 0.2) is 0 Å². The molecular weight excluding hydrogens is 207 g/mol. The van der Waals surface area contributed by atoms with Crippen LogP contribution in [-0.2, 0) is 0 Å². The van der Waals surface area contributed by atoms with Gasteiger partial charge < -0.3 is 0 Å². The first kappa shape index (κ1) is 13.9. The van der Waals surface area contributed by atoms with Crippen molar-refractivity contribution in [2.75, 3.05) is 0 Å².